The molecule has 1 amide bonds. The maximum absolute atomic E-state index is 13.8. The van der Waals surface area contributed by atoms with Gasteiger partial charge in [-0.3, -0.25) is 4.79 Å². The number of hydrogen-bond acceptors (Lipinski definition) is 6. The molecule has 3 aromatic rings. The highest BCUT2D eigenvalue weighted by Crippen LogP contribution is 2.22. The fraction of sp³-hybridized carbons (Fsp3) is 0.227. The van der Waals surface area contributed by atoms with Crippen molar-refractivity contribution in [2.24, 2.45) is 0 Å². The first kappa shape index (κ1) is 21.6. The number of nitrogens with one attached hydrogen (secondary N) is 2. The molecule has 0 bridgehead atoms. The van der Waals surface area contributed by atoms with Crippen LogP contribution in [0.15, 0.2) is 42.5 Å². The molecule has 4 rings (SSSR count). The van der Waals surface area contributed by atoms with E-state index in [9.17, 15) is 18.0 Å². The molecule has 2 heterocycles. The van der Waals surface area contributed by atoms with Crippen LogP contribution in [-0.4, -0.2) is 42.2 Å². The highest BCUT2D eigenvalue weighted by Gasteiger charge is 2.19. The number of hydrogen-bond donors (Lipinski definition) is 2. The van der Waals surface area contributed by atoms with Crippen molar-refractivity contribution in [3.05, 3.63) is 71.2 Å². The molecule has 0 unspecified atom stereocenters. The number of benzene rings is 2. The number of anilines is 4. The van der Waals surface area contributed by atoms with Crippen LogP contribution in [0.5, 0.6) is 0 Å². The molecule has 7 nitrogen and oxygen atoms in total. The summed E-state index contributed by atoms with van der Waals surface area (Å²) in [6.45, 7) is 4.57. The summed E-state index contributed by atoms with van der Waals surface area (Å²) in [5, 5.41) is 5.64. The second-order valence-corrected chi connectivity index (χ2v) is 7.17. The summed E-state index contributed by atoms with van der Waals surface area (Å²) in [6.07, 6.45) is 0. The summed E-state index contributed by atoms with van der Waals surface area (Å²) in [5.74, 6) is -4.23. The third kappa shape index (κ3) is 4.80. The van der Waals surface area contributed by atoms with E-state index in [1.165, 1.54) is 0 Å². The zero-order valence-electron chi connectivity index (χ0n) is 17.2. The minimum atomic E-state index is -1.69. The van der Waals surface area contributed by atoms with E-state index < -0.39 is 28.9 Å². The Morgan fingerprint density at radius 1 is 0.969 bits per heavy atom. The quantitative estimate of drug-likeness (QED) is 0.580. The molecule has 2 N–H and O–H groups in total. The van der Waals surface area contributed by atoms with E-state index in [2.05, 4.69) is 25.5 Å². The highest BCUT2D eigenvalue weighted by atomic mass is 19.2. The average Bonchev–Trinajstić information content (AvgIpc) is 2.79. The maximum atomic E-state index is 13.8. The van der Waals surface area contributed by atoms with Gasteiger partial charge in [-0.1, -0.05) is 0 Å². The molecule has 0 aliphatic carbocycles. The molecule has 166 valence electrons. The first-order valence-corrected chi connectivity index (χ1v) is 9.91. The van der Waals surface area contributed by atoms with Crippen molar-refractivity contribution in [1.82, 2.24) is 9.97 Å². The summed E-state index contributed by atoms with van der Waals surface area (Å²) in [4.78, 5) is 23.3. The molecule has 1 saturated heterocycles. The lowest BCUT2D eigenvalue weighted by atomic mass is 10.1. The third-order valence-electron chi connectivity index (χ3n) is 4.83. The van der Waals surface area contributed by atoms with E-state index in [-0.39, 0.29) is 0 Å². The van der Waals surface area contributed by atoms with E-state index in [0.717, 1.165) is 24.8 Å². The summed E-state index contributed by atoms with van der Waals surface area (Å²) < 4.78 is 45.6. The average molecular weight is 443 g/mol. The molecule has 1 aliphatic heterocycles. The number of carbonyl (C=O) groups is 1. The molecule has 10 heteroatoms. The molecular weight excluding hydrogens is 423 g/mol. The Bertz CT molecular complexity index is 1140. The van der Waals surface area contributed by atoms with Gasteiger partial charge in [-0.25, -0.2) is 18.2 Å². The van der Waals surface area contributed by atoms with E-state index in [4.69, 9.17) is 4.74 Å². The summed E-state index contributed by atoms with van der Waals surface area (Å²) >= 11 is 0. The Morgan fingerprint density at radius 2 is 1.66 bits per heavy atom. The van der Waals surface area contributed by atoms with Crippen molar-refractivity contribution in [2.45, 2.75) is 6.92 Å². The van der Waals surface area contributed by atoms with Gasteiger partial charge in [-0.15, -0.1) is 0 Å². The molecular formula is C22H20F3N5O2. The van der Waals surface area contributed by atoms with Gasteiger partial charge in [0, 0.05) is 36.2 Å². The van der Waals surface area contributed by atoms with Gasteiger partial charge in [0.15, 0.2) is 17.5 Å². The van der Waals surface area contributed by atoms with Crippen molar-refractivity contribution in [3.63, 3.8) is 0 Å². The lowest BCUT2D eigenvalue weighted by molar-refractivity contribution is 0.102. The summed E-state index contributed by atoms with van der Waals surface area (Å²) in [5.41, 5.74) is 1.28. The number of rotatable bonds is 5. The molecule has 1 aromatic heterocycles. The number of ether oxygens (including phenoxy) is 1. The van der Waals surface area contributed by atoms with Crippen molar-refractivity contribution in [2.75, 3.05) is 41.8 Å². The van der Waals surface area contributed by atoms with Crippen LogP contribution in [0.25, 0.3) is 0 Å². The lowest BCUT2D eigenvalue weighted by Crippen LogP contribution is -2.37. The van der Waals surface area contributed by atoms with Gasteiger partial charge in [0.2, 0.25) is 5.95 Å². The predicted molar refractivity (Wildman–Crippen MR) is 114 cm³/mol. The third-order valence-corrected chi connectivity index (χ3v) is 4.83. The smallest absolute Gasteiger partial charge is 0.258 e. The van der Waals surface area contributed by atoms with Gasteiger partial charge < -0.3 is 20.3 Å². The Labute approximate surface area is 182 Å². The molecule has 1 aliphatic rings. The largest absolute Gasteiger partial charge is 0.378 e. The van der Waals surface area contributed by atoms with Crippen LogP contribution >= 0.6 is 0 Å². The normalized spacial score (nSPS) is 13.7. The highest BCUT2D eigenvalue weighted by molar-refractivity contribution is 6.04. The standard InChI is InChI=1S/C22H20F3N5O2/c1-13-12-18(29-22(26-13)30-8-10-32-11-9-30)27-14-2-4-15(5-3-14)28-21(31)16-6-7-17(23)20(25)19(16)24/h2-7,12H,8-11H2,1H3,(H,28,31)(H,26,27,29). The van der Waals surface area contributed by atoms with Crippen molar-refractivity contribution < 1.29 is 22.7 Å². The van der Waals surface area contributed by atoms with Crippen LogP contribution in [0, 0.1) is 24.4 Å². The number of amides is 1. The van der Waals surface area contributed by atoms with Crippen LogP contribution in [0.4, 0.5) is 36.3 Å². The Kier molecular flexibility index (Phi) is 6.22. The first-order valence-electron chi connectivity index (χ1n) is 9.91. The van der Waals surface area contributed by atoms with Crippen molar-refractivity contribution in [1.29, 1.82) is 0 Å². The second kappa shape index (κ2) is 9.23. The van der Waals surface area contributed by atoms with Gasteiger partial charge in [-0.2, -0.15) is 4.98 Å². The number of nitrogens with zero attached hydrogens (tertiary/aromatic N) is 3. The maximum Gasteiger partial charge on any atom is 0.258 e. The fourth-order valence-electron chi connectivity index (χ4n) is 3.21. The van der Waals surface area contributed by atoms with E-state index in [1.807, 2.05) is 13.0 Å². The molecule has 32 heavy (non-hydrogen) atoms. The van der Waals surface area contributed by atoms with Gasteiger partial charge >= 0.3 is 0 Å². The topological polar surface area (TPSA) is 79.4 Å². The number of morpholine rings is 1. The van der Waals surface area contributed by atoms with Crippen LogP contribution in [0.1, 0.15) is 16.1 Å². The minimum Gasteiger partial charge on any atom is -0.378 e. The Morgan fingerprint density at radius 3 is 2.38 bits per heavy atom. The Balaban J connectivity index is 1.45. The van der Waals surface area contributed by atoms with Gasteiger partial charge in [-0.05, 0) is 43.3 Å². The zero-order chi connectivity index (χ0) is 22.7. The van der Waals surface area contributed by atoms with Crippen LogP contribution in [-0.2, 0) is 4.74 Å². The minimum absolute atomic E-state index is 0.359. The van der Waals surface area contributed by atoms with E-state index in [0.29, 0.717) is 42.4 Å². The van der Waals surface area contributed by atoms with Crippen LogP contribution in [0.3, 0.4) is 0 Å². The number of carbonyl (C=O) groups excluding carboxylic acids is 1. The molecule has 1 fully saturated rings. The fourth-order valence-corrected chi connectivity index (χ4v) is 3.21. The molecule has 0 atom stereocenters. The van der Waals surface area contributed by atoms with Crippen LogP contribution in [0.2, 0.25) is 0 Å². The van der Waals surface area contributed by atoms with E-state index >= 15 is 0 Å². The molecule has 0 spiro atoms. The zero-order valence-corrected chi connectivity index (χ0v) is 17.2. The Hall–Kier alpha value is -3.66. The first-order chi connectivity index (χ1) is 15.4. The summed E-state index contributed by atoms with van der Waals surface area (Å²) in [6, 6.07) is 9.99. The lowest BCUT2D eigenvalue weighted by Gasteiger charge is -2.27. The molecule has 0 saturated carbocycles. The molecule has 0 radical (unpaired) electrons. The number of aromatic nitrogens is 2. The van der Waals surface area contributed by atoms with Crippen molar-refractivity contribution >= 4 is 29.0 Å². The SMILES string of the molecule is Cc1cc(Nc2ccc(NC(=O)c3ccc(F)c(F)c3F)cc2)nc(N2CCOCC2)n1. The van der Waals surface area contributed by atoms with Crippen LogP contribution < -0.4 is 15.5 Å². The molecule has 2 aromatic carbocycles. The van der Waals surface area contributed by atoms with Crippen molar-refractivity contribution in [3.8, 4) is 0 Å². The number of aryl methyl sites for hydroxylation is 1. The predicted octanol–water partition coefficient (Wildman–Crippen LogP) is 4.03. The second-order valence-electron chi connectivity index (χ2n) is 7.17. The van der Waals surface area contributed by atoms with Gasteiger partial charge in [0.05, 0.1) is 18.8 Å². The van der Waals surface area contributed by atoms with Gasteiger partial charge in [0.1, 0.15) is 5.82 Å². The summed E-state index contributed by atoms with van der Waals surface area (Å²) in [7, 11) is 0. The number of halogens is 3. The monoisotopic (exact) mass is 443 g/mol. The van der Waals surface area contributed by atoms with Gasteiger partial charge in [0.25, 0.3) is 5.91 Å². The van der Waals surface area contributed by atoms with E-state index in [1.54, 1.807) is 24.3 Å².